The van der Waals surface area contributed by atoms with Gasteiger partial charge in [-0.1, -0.05) is 18.2 Å². The highest BCUT2D eigenvalue weighted by atomic mass is 16.5. The maximum Gasteiger partial charge on any atom is 0.135 e. The van der Waals surface area contributed by atoms with Gasteiger partial charge in [-0.05, 0) is 62.4 Å². The van der Waals surface area contributed by atoms with Crippen LogP contribution in [0.5, 0.6) is 11.5 Å². The highest BCUT2D eigenvalue weighted by molar-refractivity contribution is 5.74. The van der Waals surface area contributed by atoms with Crippen LogP contribution in [-0.2, 0) is 0 Å². The number of aromatic nitrogens is 3. The Bertz CT molecular complexity index is 1240. The first-order valence-electron chi connectivity index (χ1n) is 10.9. The summed E-state index contributed by atoms with van der Waals surface area (Å²) < 4.78 is 11.7. The standard InChI is InChI=1S/C26H26N4O2/c1-4-29(5-2)19-12-15-21-24(30-27-22-8-6-7-9-23(22)28-30)17-25(32-26(21)16-19)18-10-13-20(31-3)14-11-18/h6-17,24H,4-5H2,1-3H3. The van der Waals surface area contributed by atoms with E-state index in [1.807, 2.05) is 48.5 Å². The summed E-state index contributed by atoms with van der Waals surface area (Å²) in [5, 5.41) is 9.51. The third kappa shape index (κ3) is 3.58. The molecule has 5 rings (SSSR count). The molecule has 0 aliphatic carbocycles. The molecule has 1 unspecified atom stereocenters. The van der Waals surface area contributed by atoms with Gasteiger partial charge < -0.3 is 14.4 Å². The van der Waals surface area contributed by atoms with Crippen molar-refractivity contribution in [2.45, 2.75) is 19.9 Å². The summed E-state index contributed by atoms with van der Waals surface area (Å²) in [6, 6.07) is 22.1. The van der Waals surface area contributed by atoms with Crippen molar-refractivity contribution < 1.29 is 9.47 Å². The average molecular weight is 427 g/mol. The van der Waals surface area contributed by atoms with Crippen LogP contribution >= 0.6 is 0 Å². The molecule has 0 saturated heterocycles. The number of anilines is 1. The zero-order chi connectivity index (χ0) is 22.1. The lowest BCUT2D eigenvalue weighted by Crippen LogP contribution is -2.23. The van der Waals surface area contributed by atoms with Gasteiger partial charge in [-0.25, -0.2) is 0 Å². The molecule has 6 nitrogen and oxygen atoms in total. The Morgan fingerprint density at radius 3 is 2.25 bits per heavy atom. The molecule has 3 aromatic carbocycles. The van der Waals surface area contributed by atoms with Crippen molar-refractivity contribution in [2.75, 3.05) is 25.1 Å². The van der Waals surface area contributed by atoms with Gasteiger partial charge in [0.2, 0.25) is 0 Å². The molecule has 0 saturated carbocycles. The van der Waals surface area contributed by atoms with E-state index in [1.165, 1.54) is 0 Å². The van der Waals surface area contributed by atoms with E-state index in [4.69, 9.17) is 19.7 Å². The van der Waals surface area contributed by atoms with Crippen LogP contribution in [0.2, 0.25) is 0 Å². The Kier molecular flexibility index (Phi) is 5.27. The van der Waals surface area contributed by atoms with Gasteiger partial charge in [0.15, 0.2) is 0 Å². The van der Waals surface area contributed by atoms with Crippen molar-refractivity contribution >= 4 is 22.5 Å². The van der Waals surface area contributed by atoms with Crippen LogP contribution in [0.25, 0.3) is 16.8 Å². The van der Waals surface area contributed by atoms with E-state index in [0.717, 1.165) is 58.2 Å². The molecule has 1 atom stereocenters. The number of methoxy groups -OCH3 is 1. The van der Waals surface area contributed by atoms with E-state index in [2.05, 4.69) is 43.0 Å². The summed E-state index contributed by atoms with van der Waals surface area (Å²) in [5.41, 5.74) is 4.91. The molecule has 4 aromatic rings. The molecular weight excluding hydrogens is 400 g/mol. The topological polar surface area (TPSA) is 52.4 Å². The van der Waals surface area contributed by atoms with E-state index in [-0.39, 0.29) is 6.04 Å². The van der Waals surface area contributed by atoms with Gasteiger partial charge in [0.05, 0.1) is 7.11 Å². The number of rotatable bonds is 6. The second-order valence-corrected chi connectivity index (χ2v) is 7.71. The minimum atomic E-state index is -0.172. The predicted octanol–water partition coefficient (Wildman–Crippen LogP) is 5.31. The van der Waals surface area contributed by atoms with Gasteiger partial charge in [-0.15, -0.1) is 0 Å². The zero-order valence-electron chi connectivity index (χ0n) is 18.5. The summed E-state index contributed by atoms with van der Waals surface area (Å²) in [6.45, 7) is 6.20. The molecule has 0 amide bonds. The molecule has 162 valence electrons. The van der Waals surface area contributed by atoms with Gasteiger partial charge >= 0.3 is 0 Å². The maximum atomic E-state index is 6.42. The Balaban J connectivity index is 1.62. The number of benzene rings is 3. The van der Waals surface area contributed by atoms with Crippen molar-refractivity contribution in [3.63, 3.8) is 0 Å². The average Bonchev–Trinajstić information content (AvgIpc) is 3.28. The summed E-state index contributed by atoms with van der Waals surface area (Å²) in [6.07, 6.45) is 2.08. The fraction of sp³-hybridized carbons (Fsp3) is 0.231. The number of hydrogen-bond acceptors (Lipinski definition) is 5. The molecule has 6 heteroatoms. The quantitative estimate of drug-likeness (QED) is 0.418. The fourth-order valence-electron chi connectivity index (χ4n) is 4.13. The van der Waals surface area contributed by atoms with Gasteiger partial charge in [-0.3, -0.25) is 0 Å². The lowest BCUT2D eigenvalue weighted by atomic mass is 10.00. The zero-order valence-corrected chi connectivity index (χ0v) is 18.5. The second-order valence-electron chi connectivity index (χ2n) is 7.71. The summed E-state index contributed by atoms with van der Waals surface area (Å²) >= 11 is 0. The van der Waals surface area contributed by atoms with Crippen LogP contribution in [0.15, 0.2) is 72.8 Å². The molecular formula is C26H26N4O2. The predicted molar refractivity (Wildman–Crippen MR) is 127 cm³/mol. The first-order chi connectivity index (χ1) is 15.7. The van der Waals surface area contributed by atoms with Crippen LogP contribution in [-0.4, -0.2) is 35.2 Å². The Hall–Kier alpha value is -3.80. The van der Waals surface area contributed by atoms with Gasteiger partial charge in [0, 0.05) is 36.0 Å². The minimum Gasteiger partial charge on any atom is -0.497 e. The van der Waals surface area contributed by atoms with Gasteiger partial charge in [0.1, 0.15) is 34.3 Å². The molecule has 1 aliphatic rings. The number of fused-ring (bicyclic) bond motifs is 2. The van der Waals surface area contributed by atoms with Gasteiger partial charge in [0.25, 0.3) is 0 Å². The molecule has 32 heavy (non-hydrogen) atoms. The molecule has 0 spiro atoms. The molecule has 0 fully saturated rings. The van der Waals surface area contributed by atoms with Crippen molar-refractivity contribution in [1.82, 2.24) is 15.0 Å². The Labute approximate surface area is 187 Å². The van der Waals surface area contributed by atoms with Crippen molar-refractivity contribution in [2.24, 2.45) is 0 Å². The number of allylic oxidation sites excluding steroid dienone is 1. The van der Waals surface area contributed by atoms with Crippen LogP contribution in [0.1, 0.15) is 31.0 Å². The number of nitrogens with zero attached hydrogens (tertiary/aromatic N) is 4. The minimum absolute atomic E-state index is 0.172. The molecule has 1 aliphatic heterocycles. The van der Waals surface area contributed by atoms with Crippen LogP contribution in [0, 0.1) is 0 Å². The molecule has 2 heterocycles. The van der Waals surface area contributed by atoms with Crippen LogP contribution in [0.3, 0.4) is 0 Å². The smallest absolute Gasteiger partial charge is 0.135 e. The summed E-state index contributed by atoms with van der Waals surface area (Å²) in [5.74, 6) is 2.42. The van der Waals surface area contributed by atoms with Crippen LogP contribution < -0.4 is 14.4 Å². The summed E-state index contributed by atoms with van der Waals surface area (Å²) in [7, 11) is 1.67. The molecule has 1 aromatic heterocycles. The Morgan fingerprint density at radius 2 is 1.62 bits per heavy atom. The second kappa shape index (κ2) is 8.38. The lowest BCUT2D eigenvalue weighted by molar-refractivity contribution is 0.414. The summed E-state index contributed by atoms with van der Waals surface area (Å²) in [4.78, 5) is 4.09. The third-order valence-electron chi connectivity index (χ3n) is 5.90. The SMILES string of the molecule is CCN(CC)c1ccc2c(c1)OC(c1ccc(OC)cc1)=CC2n1nc2ccccc2n1. The normalized spacial score (nSPS) is 15.1. The molecule has 0 bridgehead atoms. The van der Waals surface area contributed by atoms with Crippen molar-refractivity contribution in [1.29, 1.82) is 0 Å². The first kappa shape index (κ1) is 20.1. The maximum absolute atomic E-state index is 6.42. The molecule has 0 radical (unpaired) electrons. The number of ether oxygens (including phenoxy) is 2. The number of hydrogen-bond donors (Lipinski definition) is 0. The van der Waals surface area contributed by atoms with E-state index >= 15 is 0 Å². The van der Waals surface area contributed by atoms with E-state index in [0.29, 0.717) is 0 Å². The largest absolute Gasteiger partial charge is 0.497 e. The van der Waals surface area contributed by atoms with Gasteiger partial charge in [-0.2, -0.15) is 15.0 Å². The van der Waals surface area contributed by atoms with Crippen molar-refractivity contribution in [3.05, 3.63) is 83.9 Å². The fourth-order valence-corrected chi connectivity index (χ4v) is 4.13. The first-order valence-corrected chi connectivity index (χ1v) is 10.9. The van der Waals surface area contributed by atoms with E-state index < -0.39 is 0 Å². The third-order valence-corrected chi connectivity index (χ3v) is 5.90. The van der Waals surface area contributed by atoms with Crippen LogP contribution in [0.4, 0.5) is 5.69 Å². The monoisotopic (exact) mass is 426 g/mol. The highest BCUT2D eigenvalue weighted by Crippen LogP contribution is 2.40. The van der Waals surface area contributed by atoms with E-state index in [1.54, 1.807) is 11.9 Å². The lowest BCUT2D eigenvalue weighted by Gasteiger charge is -2.27. The Morgan fingerprint density at radius 1 is 0.938 bits per heavy atom. The highest BCUT2D eigenvalue weighted by Gasteiger charge is 2.27. The molecule has 0 N–H and O–H groups in total. The van der Waals surface area contributed by atoms with E-state index in [9.17, 15) is 0 Å². The van der Waals surface area contributed by atoms with Crippen molar-refractivity contribution in [3.8, 4) is 11.5 Å².